The fraction of sp³-hybridized carbons (Fsp3) is 0.429. The van der Waals surface area contributed by atoms with E-state index in [-0.39, 0.29) is 11.8 Å². The number of nitrogens with zero attached hydrogens (tertiary/aromatic N) is 2. The van der Waals surface area contributed by atoms with Gasteiger partial charge in [-0.2, -0.15) is 0 Å². The summed E-state index contributed by atoms with van der Waals surface area (Å²) in [6.45, 7) is 3.19. The van der Waals surface area contributed by atoms with E-state index < -0.39 is 0 Å². The highest BCUT2D eigenvalue weighted by atomic mass is 79.9. The third kappa shape index (κ3) is 3.15. The Labute approximate surface area is 131 Å². The molecule has 2 rings (SSSR count). The van der Waals surface area contributed by atoms with Crippen molar-refractivity contribution in [2.45, 2.75) is 19.8 Å². The Balaban J connectivity index is 2.18. The zero-order valence-electron chi connectivity index (χ0n) is 11.1. The van der Waals surface area contributed by atoms with E-state index >= 15 is 0 Å². The summed E-state index contributed by atoms with van der Waals surface area (Å²) in [6.07, 6.45) is 1.47. The number of oxime groups is 1. The van der Waals surface area contributed by atoms with Crippen molar-refractivity contribution in [3.63, 3.8) is 0 Å². The number of rotatable bonds is 2. The van der Waals surface area contributed by atoms with E-state index in [0.717, 1.165) is 12.1 Å². The molecule has 1 aliphatic rings. The largest absolute Gasteiger partial charge is 0.411 e. The zero-order valence-corrected chi connectivity index (χ0v) is 13.5. The Morgan fingerprint density at radius 1 is 1.60 bits per heavy atom. The van der Waals surface area contributed by atoms with Crippen molar-refractivity contribution in [1.29, 1.82) is 0 Å². The van der Waals surface area contributed by atoms with Gasteiger partial charge in [-0.3, -0.25) is 4.79 Å². The SMILES string of the molecule is CCC1CN(C(=O)c2ccc(Cl)cc2Br)CC/C1=N\O. The molecule has 0 radical (unpaired) electrons. The van der Waals surface area contributed by atoms with Gasteiger partial charge in [0.15, 0.2) is 0 Å². The van der Waals surface area contributed by atoms with Gasteiger partial charge in [0, 0.05) is 34.9 Å². The monoisotopic (exact) mass is 358 g/mol. The van der Waals surface area contributed by atoms with Crippen molar-refractivity contribution in [2.24, 2.45) is 11.1 Å². The maximum absolute atomic E-state index is 12.5. The van der Waals surface area contributed by atoms with Crippen molar-refractivity contribution in [3.05, 3.63) is 33.3 Å². The van der Waals surface area contributed by atoms with Gasteiger partial charge in [-0.15, -0.1) is 0 Å². The first-order valence-corrected chi connectivity index (χ1v) is 7.69. The lowest BCUT2D eigenvalue weighted by Gasteiger charge is -2.33. The van der Waals surface area contributed by atoms with Crippen molar-refractivity contribution >= 4 is 39.1 Å². The lowest BCUT2D eigenvalue weighted by atomic mass is 9.93. The molecule has 1 N–H and O–H groups in total. The minimum atomic E-state index is -0.0241. The molecule has 1 aromatic rings. The summed E-state index contributed by atoms with van der Waals surface area (Å²) in [7, 11) is 0. The van der Waals surface area contributed by atoms with Crippen LogP contribution in [0.1, 0.15) is 30.1 Å². The van der Waals surface area contributed by atoms with Crippen molar-refractivity contribution < 1.29 is 10.0 Å². The molecular formula is C14H16BrClN2O2. The van der Waals surface area contributed by atoms with E-state index in [1.165, 1.54) is 0 Å². The Bertz CT molecular complexity index is 548. The Morgan fingerprint density at radius 3 is 2.95 bits per heavy atom. The molecular weight excluding hydrogens is 344 g/mol. The van der Waals surface area contributed by atoms with Crippen LogP contribution < -0.4 is 0 Å². The average Bonchev–Trinajstić information content (AvgIpc) is 2.45. The molecule has 1 atom stereocenters. The average molecular weight is 360 g/mol. The molecule has 1 amide bonds. The van der Waals surface area contributed by atoms with E-state index in [9.17, 15) is 4.79 Å². The van der Waals surface area contributed by atoms with Gasteiger partial charge in [0.1, 0.15) is 0 Å². The fourth-order valence-electron chi connectivity index (χ4n) is 2.43. The molecule has 0 saturated carbocycles. The lowest BCUT2D eigenvalue weighted by molar-refractivity contribution is 0.0728. The first-order valence-electron chi connectivity index (χ1n) is 6.52. The maximum atomic E-state index is 12.5. The first-order chi connectivity index (χ1) is 9.56. The molecule has 1 aromatic carbocycles. The second-order valence-electron chi connectivity index (χ2n) is 4.82. The minimum absolute atomic E-state index is 0.0241. The van der Waals surface area contributed by atoms with E-state index in [1.54, 1.807) is 23.1 Å². The predicted octanol–water partition coefficient (Wildman–Crippen LogP) is 3.80. The molecule has 108 valence electrons. The topological polar surface area (TPSA) is 52.9 Å². The predicted molar refractivity (Wildman–Crippen MR) is 82.7 cm³/mol. The maximum Gasteiger partial charge on any atom is 0.255 e. The van der Waals surface area contributed by atoms with E-state index in [1.807, 2.05) is 6.92 Å². The van der Waals surface area contributed by atoms with E-state index in [2.05, 4.69) is 21.1 Å². The van der Waals surface area contributed by atoms with Gasteiger partial charge in [0.2, 0.25) is 0 Å². The van der Waals surface area contributed by atoms with Crippen LogP contribution in [0.15, 0.2) is 27.8 Å². The number of halogens is 2. The molecule has 0 aliphatic carbocycles. The summed E-state index contributed by atoms with van der Waals surface area (Å²) < 4.78 is 0.699. The number of likely N-dealkylation sites (tertiary alicyclic amines) is 1. The molecule has 1 aliphatic heterocycles. The smallest absolute Gasteiger partial charge is 0.255 e. The van der Waals surface area contributed by atoms with Crippen LogP contribution in [0.25, 0.3) is 0 Å². The molecule has 4 nitrogen and oxygen atoms in total. The Hall–Kier alpha value is -1.07. The number of carbonyl (C=O) groups excluding carboxylic acids is 1. The summed E-state index contributed by atoms with van der Waals surface area (Å²) in [6, 6.07) is 5.16. The Kier molecular flexibility index (Phi) is 5.05. The molecule has 0 spiro atoms. The molecule has 1 unspecified atom stereocenters. The van der Waals surface area contributed by atoms with E-state index in [0.29, 0.717) is 34.6 Å². The third-order valence-electron chi connectivity index (χ3n) is 3.62. The van der Waals surface area contributed by atoms with Gasteiger partial charge < -0.3 is 10.1 Å². The number of amides is 1. The zero-order chi connectivity index (χ0) is 14.7. The number of piperidine rings is 1. The van der Waals surface area contributed by atoms with Crippen molar-refractivity contribution in [1.82, 2.24) is 4.90 Å². The first kappa shape index (κ1) is 15.3. The standard InChI is InChI=1S/C14H16BrClN2O2/c1-2-9-8-18(6-5-13(9)17-20)14(19)11-4-3-10(16)7-12(11)15/h3-4,7,9,20H,2,5-6,8H2,1H3/b17-13+. The molecule has 0 aromatic heterocycles. The van der Waals surface area contributed by atoms with Crippen LogP contribution in [0.3, 0.4) is 0 Å². The Morgan fingerprint density at radius 2 is 2.35 bits per heavy atom. The van der Waals surface area contributed by atoms with Crippen LogP contribution in [0.4, 0.5) is 0 Å². The molecule has 6 heteroatoms. The van der Waals surface area contributed by atoms with Gasteiger partial charge >= 0.3 is 0 Å². The van der Waals surface area contributed by atoms with Crippen LogP contribution in [0.5, 0.6) is 0 Å². The fourth-order valence-corrected chi connectivity index (χ4v) is 3.28. The van der Waals surface area contributed by atoms with E-state index in [4.69, 9.17) is 16.8 Å². The molecule has 1 saturated heterocycles. The highest BCUT2D eigenvalue weighted by Crippen LogP contribution is 2.25. The number of hydrogen-bond donors (Lipinski definition) is 1. The number of carbonyl (C=O) groups is 1. The third-order valence-corrected chi connectivity index (χ3v) is 4.51. The molecule has 0 bridgehead atoms. The van der Waals surface area contributed by atoms with Crippen molar-refractivity contribution in [3.8, 4) is 0 Å². The second-order valence-corrected chi connectivity index (χ2v) is 6.11. The lowest BCUT2D eigenvalue weighted by Crippen LogP contribution is -2.44. The highest BCUT2D eigenvalue weighted by molar-refractivity contribution is 9.10. The van der Waals surface area contributed by atoms with Crippen LogP contribution in [-0.4, -0.2) is 34.8 Å². The summed E-state index contributed by atoms with van der Waals surface area (Å²) in [5.41, 5.74) is 1.39. The van der Waals surface area contributed by atoms with Crippen LogP contribution in [0, 0.1) is 5.92 Å². The quantitative estimate of drug-likeness (QED) is 0.645. The highest BCUT2D eigenvalue weighted by Gasteiger charge is 2.28. The molecule has 20 heavy (non-hydrogen) atoms. The molecule has 1 heterocycles. The van der Waals surface area contributed by atoms with Crippen LogP contribution >= 0.6 is 27.5 Å². The van der Waals surface area contributed by atoms with Crippen LogP contribution in [0.2, 0.25) is 5.02 Å². The van der Waals surface area contributed by atoms with Gasteiger partial charge in [-0.05, 0) is 40.5 Å². The van der Waals surface area contributed by atoms with Gasteiger partial charge in [-0.1, -0.05) is 23.7 Å². The van der Waals surface area contributed by atoms with Gasteiger partial charge in [0.25, 0.3) is 5.91 Å². The van der Waals surface area contributed by atoms with Crippen molar-refractivity contribution in [2.75, 3.05) is 13.1 Å². The summed E-state index contributed by atoms with van der Waals surface area (Å²) in [5.74, 6) is 0.104. The number of benzene rings is 1. The second kappa shape index (κ2) is 6.59. The van der Waals surface area contributed by atoms with Gasteiger partial charge in [-0.25, -0.2) is 0 Å². The minimum Gasteiger partial charge on any atom is -0.411 e. The molecule has 1 fully saturated rings. The normalized spacial score (nSPS) is 21.2. The number of hydrogen-bond acceptors (Lipinski definition) is 3. The summed E-state index contributed by atoms with van der Waals surface area (Å²) >= 11 is 9.27. The summed E-state index contributed by atoms with van der Waals surface area (Å²) in [5, 5.41) is 12.9. The van der Waals surface area contributed by atoms with Gasteiger partial charge in [0.05, 0.1) is 11.3 Å². The summed E-state index contributed by atoms with van der Waals surface area (Å²) in [4.78, 5) is 14.3. The van der Waals surface area contributed by atoms with Crippen LogP contribution in [-0.2, 0) is 0 Å².